The first kappa shape index (κ1) is 13.5. The molecule has 1 nitrogen and oxygen atoms in total. The van der Waals surface area contributed by atoms with Gasteiger partial charge in [-0.05, 0) is 80.7 Å². The average molecular weight is 267 g/mol. The molecule has 1 N–H and O–H groups in total. The van der Waals surface area contributed by atoms with E-state index in [-0.39, 0.29) is 0 Å². The van der Waals surface area contributed by atoms with Crippen molar-refractivity contribution in [3.05, 3.63) is 45.8 Å². The van der Waals surface area contributed by atoms with Crippen molar-refractivity contribution in [2.45, 2.75) is 59.8 Å². The van der Waals surface area contributed by atoms with E-state index in [1.807, 2.05) is 0 Å². The fraction of sp³-hybridized carbons (Fsp3) is 0.474. The molecule has 0 saturated heterocycles. The Labute approximate surface area is 122 Å². The van der Waals surface area contributed by atoms with Crippen LogP contribution in [0.1, 0.15) is 59.3 Å². The molecule has 1 aliphatic rings. The van der Waals surface area contributed by atoms with Crippen LogP contribution in [-0.4, -0.2) is 4.98 Å². The van der Waals surface area contributed by atoms with Crippen molar-refractivity contribution in [3.63, 3.8) is 0 Å². The fourth-order valence-electron chi connectivity index (χ4n) is 3.39. The van der Waals surface area contributed by atoms with Crippen molar-refractivity contribution in [2.24, 2.45) is 0 Å². The van der Waals surface area contributed by atoms with Crippen LogP contribution in [0, 0.1) is 27.7 Å². The van der Waals surface area contributed by atoms with Gasteiger partial charge in [-0.25, -0.2) is 0 Å². The van der Waals surface area contributed by atoms with Crippen molar-refractivity contribution < 1.29 is 0 Å². The van der Waals surface area contributed by atoms with Crippen molar-refractivity contribution in [2.75, 3.05) is 0 Å². The SMILES string of the molecule is CCc1[nH]c(C)c(C2CC2)c1-c1ccc(C)c(C)c1C. The highest BCUT2D eigenvalue weighted by Gasteiger charge is 2.31. The Morgan fingerprint density at radius 2 is 1.75 bits per heavy atom. The summed E-state index contributed by atoms with van der Waals surface area (Å²) in [6, 6.07) is 4.60. The van der Waals surface area contributed by atoms with Gasteiger partial charge in [0.05, 0.1) is 0 Å². The van der Waals surface area contributed by atoms with Crippen LogP contribution in [0.15, 0.2) is 12.1 Å². The van der Waals surface area contributed by atoms with Gasteiger partial charge in [0.15, 0.2) is 0 Å². The van der Waals surface area contributed by atoms with E-state index < -0.39 is 0 Å². The second-order valence-electron chi connectivity index (χ2n) is 6.33. The summed E-state index contributed by atoms with van der Waals surface area (Å²) in [6.07, 6.45) is 3.80. The molecule has 0 aliphatic heterocycles. The monoisotopic (exact) mass is 267 g/mol. The number of rotatable bonds is 3. The van der Waals surface area contributed by atoms with Crippen LogP contribution in [0.25, 0.3) is 11.1 Å². The minimum absolute atomic E-state index is 0.794. The first-order chi connectivity index (χ1) is 9.54. The van der Waals surface area contributed by atoms with E-state index >= 15 is 0 Å². The number of H-pyrrole nitrogens is 1. The maximum atomic E-state index is 3.64. The van der Waals surface area contributed by atoms with Crippen molar-refractivity contribution in [3.8, 4) is 11.1 Å². The Morgan fingerprint density at radius 3 is 2.35 bits per heavy atom. The van der Waals surface area contributed by atoms with Gasteiger partial charge in [-0.15, -0.1) is 0 Å². The lowest BCUT2D eigenvalue weighted by Crippen LogP contribution is -1.95. The molecular formula is C19H25N. The van der Waals surface area contributed by atoms with Crippen LogP contribution in [0.3, 0.4) is 0 Å². The van der Waals surface area contributed by atoms with E-state index in [1.54, 1.807) is 5.56 Å². The summed E-state index contributed by atoms with van der Waals surface area (Å²) in [5, 5.41) is 0. The van der Waals surface area contributed by atoms with Gasteiger partial charge in [0.1, 0.15) is 0 Å². The molecule has 1 aliphatic carbocycles. The van der Waals surface area contributed by atoms with Crippen LogP contribution in [-0.2, 0) is 6.42 Å². The Hall–Kier alpha value is -1.50. The molecule has 1 aromatic carbocycles. The molecule has 3 rings (SSSR count). The van der Waals surface area contributed by atoms with Crippen molar-refractivity contribution >= 4 is 0 Å². The topological polar surface area (TPSA) is 15.8 Å². The van der Waals surface area contributed by atoms with E-state index in [0.29, 0.717) is 0 Å². The lowest BCUT2D eigenvalue weighted by Gasteiger charge is -2.14. The molecule has 0 unspecified atom stereocenters. The summed E-state index contributed by atoms with van der Waals surface area (Å²) in [7, 11) is 0. The Bertz CT molecular complexity index is 657. The summed E-state index contributed by atoms with van der Waals surface area (Å²) in [6.45, 7) is 11.2. The molecule has 20 heavy (non-hydrogen) atoms. The van der Waals surface area contributed by atoms with Crippen molar-refractivity contribution in [1.82, 2.24) is 4.98 Å². The molecule has 1 saturated carbocycles. The molecule has 0 radical (unpaired) electrons. The van der Waals surface area contributed by atoms with E-state index in [1.165, 1.54) is 52.0 Å². The normalized spacial score (nSPS) is 14.8. The number of aromatic nitrogens is 1. The second kappa shape index (κ2) is 4.80. The molecule has 0 spiro atoms. The highest BCUT2D eigenvalue weighted by Crippen LogP contribution is 2.48. The number of nitrogens with one attached hydrogen (secondary N) is 1. The van der Waals surface area contributed by atoms with Gasteiger partial charge in [-0.2, -0.15) is 0 Å². The van der Waals surface area contributed by atoms with Crippen LogP contribution in [0.4, 0.5) is 0 Å². The van der Waals surface area contributed by atoms with Crippen molar-refractivity contribution in [1.29, 1.82) is 0 Å². The van der Waals surface area contributed by atoms with E-state index in [9.17, 15) is 0 Å². The quantitative estimate of drug-likeness (QED) is 0.771. The Morgan fingerprint density at radius 1 is 1.05 bits per heavy atom. The maximum Gasteiger partial charge on any atom is 0.0229 e. The van der Waals surface area contributed by atoms with Crippen LogP contribution in [0.5, 0.6) is 0 Å². The Kier molecular flexibility index (Phi) is 3.24. The first-order valence-electron chi connectivity index (χ1n) is 7.83. The summed E-state index contributed by atoms with van der Waals surface area (Å²) in [5.74, 6) is 0.794. The number of aryl methyl sites for hydroxylation is 3. The smallest absolute Gasteiger partial charge is 0.0229 e. The van der Waals surface area contributed by atoms with E-state index in [2.05, 4.69) is 51.7 Å². The van der Waals surface area contributed by atoms with Gasteiger partial charge in [-0.3, -0.25) is 0 Å². The summed E-state index contributed by atoms with van der Waals surface area (Å²) in [4.78, 5) is 3.64. The lowest BCUT2D eigenvalue weighted by atomic mass is 9.90. The van der Waals surface area contributed by atoms with Gasteiger partial charge >= 0.3 is 0 Å². The molecule has 1 heteroatoms. The van der Waals surface area contributed by atoms with Gasteiger partial charge in [0.2, 0.25) is 0 Å². The van der Waals surface area contributed by atoms with Crippen LogP contribution < -0.4 is 0 Å². The van der Waals surface area contributed by atoms with Gasteiger partial charge in [0.25, 0.3) is 0 Å². The minimum atomic E-state index is 0.794. The van der Waals surface area contributed by atoms with E-state index in [0.717, 1.165) is 12.3 Å². The molecule has 2 aromatic rings. The third-order valence-corrected chi connectivity index (χ3v) is 4.98. The van der Waals surface area contributed by atoms with Gasteiger partial charge in [-0.1, -0.05) is 19.1 Å². The number of aromatic amines is 1. The first-order valence-corrected chi connectivity index (χ1v) is 7.83. The zero-order valence-corrected chi connectivity index (χ0v) is 13.4. The molecule has 1 aromatic heterocycles. The zero-order chi connectivity index (χ0) is 14.4. The maximum absolute atomic E-state index is 3.64. The second-order valence-corrected chi connectivity index (χ2v) is 6.33. The largest absolute Gasteiger partial charge is 0.362 e. The highest BCUT2D eigenvalue weighted by molar-refractivity contribution is 5.77. The molecule has 1 fully saturated rings. The molecule has 0 bridgehead atoms. The third-order valence-electron chi connectivity index (χ3n) is 4.98. The van der Waals surface area contributed by atoms with Gasteiger partial charge in [0, 0.05) is 17.0 Å². The molecule has 1 heterocycles. The highest BCUT2D eigenvalue weighted by atomic mass is 14.7. The average Bonchev–Trinajstić information content (AvgIpc) is 3.20. The van der Waals surface area contributed by atoms with Crippen LogP contribution in [0.2, 0.25) is 0 Å². The number of hydrogen-bond donors (Lipinski definition) is 1. The summed E-state index contributed by atoms with van der Waals surface area (Å²) >= 11 is 0. The summed E-state index contributed by atoms with van der Waals surface area (Å²) < 4.78 is 0. The minimum Gasteiger partial charge on any atom is -0.362 e. The van der Waals surface area contributed by atoms with E-state index in [4.69, 9.17) is 0 Å². The molecule has 0 amide bonds. The zero-order valence-electron chi connectivity index (χ0n) is 13.4. The predicted octanol–water partition coefficient (Wildman–Crippen LogP) is 5.36. The fourth-order valence-corrected chi connectivity index (χ4v) is 3.39. The van der Waals surface area contributed by atoms with Gasteiger partial charge < -0.3 is 4.98 Å². The molecule has 0 atom stereocenters. The molecular weight excluding hydrogens is 242 g/mol. The summed E-state index contributed by atoms with van der Waals surface area (Å²) in [5.41, 5.74) is 11.6. The van der Waals surface area contributed by atoms with Crippen LogP contribution >= 0.6 is 0 Å². The lowest BCUT2D eigenvalue weighted by molar-refractivity contribution is 1.04. The molecule has 106 valence electrons. The standard InChI is InChI=1S/C19H25N/c1-6-17-19(18(14(5)20-17)15-8-9-15)16-10-7-11(2)12(3)13(16)4/h7,10,15,20H,6,8-9H2,1-5H3. The number of hydrogen-bond acceptors (Lipinski definition) is 0. The number of benzene rings is 1. The third kappa shape index (κ3) is 2.00. The predicted molar refractivity (Wildman–Crippen MR) is 86.5 cm³/mol. The Balaban J connectivity index is 2.26.